The van der Waals surface area contributed by atoms with Crippen LogP contribution in [0.15, 0.2) is 78.2 Å². The second kappa shape index (κ2) is 8.19. The Morgan fingerprint density at radius 3 is 2.47 bits per heavy atom. The molecule has 0 atom stereocenters. The average molecular weight is 451 g/mol. The molecule has 0 radical (unpaired) electrons. The Balaban J connectivity index is 1.26. The van der Waals surface area contributed by atoms with E-state index < -0.39 is 10.0 Å². The molecule has 11 heteroatoms. The van der Waals surface area contributed by atoms with E-state index in [1.165, 1.54) is 12.1 Å². The zero-order valence-electron chi connectivity index (χ0n) is 16.6. The summed E-state index contributed by atoms with van der Waals surface area (Å²) >= 11 is 0. The summed E-state index contributed by atoms with van der Waals surface area (Å²) in [6.07, 6.45) is 5.03. The lowest BCUT2D eigenvalue weighted by molar-refractivity contribution is 0.171. The molecule has 0 unspecified atom stereocenters. The van der Waals surface area contributed by atoms with Crippen LogP contribution in [0, 0.1) is 0 Å². The SMILES string of the molecule is O=S(=O)(Nc1ccc(Oc2ccc(-n3ccnc3)nn2)cc1)c1ccc2c(c1)OCCO2. The van der Waals surface area contributed by atoms with Crippen molar-refractivity contribution in [2.45, 2.75) is 4.90 Å². The minimum absolute atomic E-state index is 0.0790. The van der Waals surface area contributed by atoms with Gasteiger partial charge in [0.05, 0.1) is 4.90 Å². The van der Waals surface area contributed by atoms with Gasteiger partial charge < -0.3 is 14.2 Å². The quantitative estimate of drug-likeness (QED) is 0.475. The predicted molar refractivity (Wildman–Crippen MR) is 114 cm³/mol. The summed E-state index contributed by atoms with van der Waals surface area (Å²) in [6, 6.07) is 14.4. The van der Waals surface area contributed by atoms with Gasteiger partial charge in [-0.15, -0.1) is 10.2 Å². The second-order valence-corrected chi connectivity index (χ2v) is 8.42. The van der Waals surface area contributed by atoms with Crippen molar-refractivity contribution >= 4 is 15.7 Å². The van der Waals surface area contributed by atoms with Gasteiger partial charge in [-0.25, -0.2) is 13.4 Å². The van der Waals surface area contributed by atoms with Gasteiger partial charge in [0.1, 0.15) is 25.3 Å². The van der Waals surface area contributed by atoms with Gasteiger partial charge in [0.2, 0.25) is 5.88 Å². The zero-order valence-corrected chi connectivity index (χ0v) is 17.4. The van der Waals surface area contributed by atoms with Crippen LogP contribution < -0.4 is 18.9 Å². The summed E-state index contributed by atoms with van der Waals surface area (Å²) in [5, 5.41) is 8.12. The molecule has 1 aliphatic rings. The number of anilines is 1. The van der Waals surface area contributed by atoms with Crippen molar-refractivity contribution in [2.24, 2.45) is 0 Å². The summed E-state index contributed by atoms with van der Waals surface area (Å²) in [5.41, 5.74) is 0.383. The summed E-state index contributed by atoms with van der Waals surface area (Å²) in [6.45, 7) is 0.814. The molecule has 0 spiro atoms. The van der Waals surface area contributed by atoms with Crippen LogP contribution in [0.4, 0.5) is 5.69 Å². The van der Waals surface area contributed by atoms with Gasteiger partial charge in [-0.05, 0) is 42.5 Å². The number of ether oxygens (including phenoxy) is 3. The number of benzene rings is 2. The van der Waals surface area contributed by atoms with Crippen LogP contribution in [0.1, 0.15) is 0 Å². The van der Waals surface area contributed by atoms with Gasteiger partial charge in [0, 0.05) is 30.2 Å². The van der Waals surface area contributed by atoms with Gasteiger partial charge in [-0.2, -0.15) is 0 Å². The second-order valence-electron chi connectivity index (χ2n) is 6.74. The third-order valence-corrected chi connectivity index (χ3v) is 5.93. The van der Waals surface area contributed by atoms with E-state index in [-0.39, 0.29) is 4.90 Å². The van der Waals surface area contributed by atoms with Crippen molar-refractivity contribution in [3.8, 4) is 28.9 Å². The lowest BCUT2D eigenvalue weighted by Crippen LogP contribution is -2.17. The molecule has 32 heavy (non-hydrogen) atoms. The fraction of sp³-hybridized carbons (Fsp3) is 0.0952. The topological polar surface area (TPSA) is 117 Å². The van der Waals surface area contributed by atoms with E-state index in [2.05, 4.69) is 19.9 Å². The predicted octanol–water partition coefficient (Wildman–Crippen LogP) is 3.03. The number of hydrogen-bond donors (Lipinski definition) is 1. The highest BCUT2D eigenvalue weighted by molar-refractivity contribution is 7.92. The van der Waals surface area contributed by atoms with Gasteiger partial charge >= 0.3 is 0 Å². The van der Waals surface area contributed by atoms with Crippen LogP contribution in [-0.2, 0) is 10.0 Å². The largest absolute Gasteiger partial charge is 0.486 e. The Kier molecular flexibility index (Phi) is 5.07. The van der Waals surface area contributed by atoms with Crippen LogP contribution in [0.2, 0.25) is 0 Å². The maximum Gasteiger partial charge on any atom is 0.262 e. The number of nitrogens with zero attached hydrogens (tertiary/aromatic N) is 4. The molecule has 4 aromatic rings. The third kappa shape index (κ3) is 4.18. The van der Waals surface area contributed by atoms with Gasteiger partial charge in [-0.1, -0.05) is 0 Å². The summed E-state index contributed by atoms with van der Waals surface area (Å²) in [4.78, 5) is 4.04. The number of rotatable bonds is 6. The summed E-state index contributed by atoms with van der Waals surface area (Å²) in [5.74, 6) is 2.33. The Hall–Kier alpha value is -4.12. The van der Waals surface area contributed by atoms with Crippen LogP contribution in [-0.4, -0.2) is 41.4 Å². The number of imidazole rings is 1. The molecule has 2 aromatic carbocycles. The average Bonchev–Trinajstić information content (AvgIpc) is 3.35. The van der Waals surface area contributed by atoms with Crippen molar-refractivity contribution in [1.29, 1.82) is 0 Å². The Bertz CT molecular complexity index is 1320. The Morgan fingerprint density at radius 1 is 0.938 bits per heavy atom. The molecule has 2 aromatic heterocycles. The van der Waals surface area contributed by atoms with Crippen LogP contribution in [0.25, 0.3) is 5.82 Å². The number of nitrogens with one attached hydrogen (secondary N) is 1. The van der Waals surface area contributed by atoms with E-state index in [1.54, 1.807) is 65.8 Å². The molecule has 0 amide bonds. The molecule has 0 fully saturated rings. The fourth-order valence-corrected chi connectivity index (χ4v) is 4.09. The van der Waals surface area contributed by atoms with Crippen molar-refractivity contribution < 1.29 is 22.6 Å². The minimum Gasteiger partial charge on any atom is -0.486 e. The van der Waals surface area contributed by atoms with E-state index in [0.29, 0.717) is 47.8 Å². The first kappa shape index (κ1) is 19.8. The van der Waals surface area contributed by atoms with Crippen LogP contribution in [0.5, 0.6) is 23.1 Å². The van der Waals surface area contributed by atoms with Crippen molar-refractivity contribution in [3.05, 3.63) is 73.3 Å². The van der Waals surface area contributed by atoms with E-state index in [0.717, 1.165) is 0 Å². The highest BCUT2D eigenvalue weighted by Crippen LogP contribution is 2.33. The molecule has 0 aliphatic carbocycles. The van der Waals surface area contributed by atoms with Crippen molar-refractivity contribution in [1.82, 2.24) is 19.7 Å². The van der Waals surface area contributed by atoms with Gasteiger partial charge in [0.25, 0.3) is 10.0 Å². The Morgan fingerprint density at radius 2 is 1.75 bits per heavy atom. The van der Waals surface area contributed by atoms with E-state index in [4.69, 9.17) is 14.2 Å². The number of fused-ring (bicyclic) bond motifs is 1. The zero-order chi connectivity index (χ0) is 22.0. The molecule has 1 aliphatic heterocycles. The lowest BCUT2D eigenvalue weighted by Gasteiger charge is -2.19. The maximum absolute atomic E-state index is 12.7. The lowest BCUT2D eigenvalue weighted by atomic mass is 10.3. The molecular weight excluding hydrogens is 434 g/mol. The first-order valence-corrected chi connectivity index (χ1v) is 11.1. The molecule has 162 valence electrons. The standard InChI is InChI=1S/C21H17N5O5S/c27-32(28,17-5-6-18-19(13-17)30-12-11-29-18)25-15-1-3-16(4-2-15)31-21-8-7-20(23-24-21)26-10-9-22-14-26/h1-10,13-14,25H,11-12H2. The molecule has 10 nitrogen and oxygen atoms in total. The fourth-order valence-electron chi connectivity index (χ4n) is 3.02. The third-order valence-electron chi connectivity index (χ3n) is 4.55. The highest BCUT2D eigenvalue weighted by Gasteiger charge is 2.19. The number of sulfonamides is 1. The summed E-state index contributed by atoms with van der Waals surface area (Å²) < 4.78 is 46.3. The van der Waals surface area contributed by atoms with Gasteiger partial charge in [0.15, 0.2) is 17.3 Å². The minimum atomic E-state index is -3.80. The van der Waals surface area contributed by atoms with E-state index in [1.807, 2.05) is 0 Å². The first-order valence-electron chi connectivity index (χ1n) is 9.59. The van der Waals surface area contributed by atoms with E-state index in [9.17, 15) is 8.42 Å². The Labute approximate surface area is 183 Å². The van der Waals surface area contributed by atoms with Crippen molar-refractivity contribution in [2.75, 3.05) is 17.9 Å². The number of aromatic nitrogens is 4. The van der Waals surface area contributed by atoms with Crippen LogP contribution >= 0.6 is 0 Å². The molecule has 0 bridgehead atoms. The first-order chi connectivity index (χ1) is 15.6. The molecule has 1 N–H and O–H groups in total. The van der Waals surface area contributed by atoms with Crippen LogP contribution in [0.3, 0.4) is 0 Å². The number of hydrogen-bond acceptors (Lipinski definition) is 8. The maximum atomic E-state index is 12.7. The van der Waals surface area contributed by atoms with Crippen molar-refractivity contribution in [3.63, 3.8) is 0 Å². The normalized spacial score (nSPS) is 12.9. The van der Waals surface area contributed by atoms with E-state index >= 15 is 0 Å². The highest BCUT2D eigenvalue weighted by atomic mass is 32.2. The summed E-state index contributed by atoms with van der Waals surface area (Å²) in [7, 11) is -3.80. The molecule has 0 saturated heterocycles. The molecule has 5 rings (SSSR count). The van der Waals surface area contributed by atoms with Gasteiger partial charge in [-0.3, -0.25) is 9.29 Å². The molecule has 3 heterocycles. The molecular formula is C21H17N5O5S. The monoisotopic (exact) mass is 451 g/mol. The molecule has 0 saturated carbocycles. The smallest absolute Gasteiger partial charge is 0.262 e.